The molecule has 5 heteroatoms. The van der Waals surface area contributed by atoms with E-state index < -0.39 is 0 Å². The third kappa shape index (κ3) is 5.42. The predicted octanol–water partition coefficient (Wildman–Crippen LogP) is 2.77. The number of carbonyl (C=O) groups excluding carboxylic acids is 2. The van der Waals surface area contributed by atoms with E-state index in [0.717, 1.165) is 43.7 Å². The lowest BCUT2D eigenvalue weighted by Gasteiger charge is -2.22. The Bertz CT molecular complexity index is 820. The monoisotopic (exact) mass is 379 g/mol. The molecule has 3 rings (SSSR count). The first kappa shape index (κ1) is 20.1. The molecule has 1 fully saturated rings. The largest absolute Gasteiger partial charge is 0.343 e. The van der Waals surface area contributed by atoms with Crippen LogP contribution in [0.3, 0.4) is 0 Å². The van der Waals surface area contributed by atoms with Gasteiger partial charge in [0.1, 0.15) is 0 Å². The molecule has 1 aliphatic rings. The van der Waals surface area contributed by atoms with Crippen molar-refractivity contribution in [1.29, 1.82) is 0 Å². The molecule has 0 bridgehead atoms. The molecule has 1 aliphatic heterocycles. The average molecular weight is 380 g/mol. The van der Waals surface area contributed by atoms with E-state index in [1.807, 2.05) is 36.9 Å². The van der Waals surface area contributed by atoms with Crippen molar-refractivity contribution in [1.82, 2.24) is 15.1 Å². The number of rotatable bonds is 5. The zero-order valence-electron chi connectivity index (χ0n) is 16.8. The van der Waals surface area contributed by atoms with Crippen LogP contribution < -0.4 is 5.32 Å². The Labute approximate surface area is 167 Å². The number of benzene rings is 2. The summed E-state index contributed by atoms with van der Waals surface area (Å²) in [6.07, 6.45) is 0.948. The molecule has 0 aromatic heterocycles. The van der Waals surface area contributed by atoms with Crippen LogP contribution in [0.2, 0.25) is 0 Å². The highest BCUT2D eigenvalue weighted by atomic mass is 16.2. The van der Waals surface area contributed by atoms with Crippen molar-refractivity contribution >= 4 is 11.8 Å². The Morgan fingerprint density at radius 1 is 0.929 bits per heavy atom. The van der Waals surface area contributed by atoms with Crippen LogP contribution in [-0.4, -0.2) is 54.3 Å². The Balaban J connectivity index is 1.48. The summed E-state index contributed by atoms with van der Waals surface area (Å²) >= 11 is 0. The van der Waals surface area contributed by atoms with Crippen molar-refractivity contribution in [2.24, 2.45) is 0 Å². The lowest BCUT2D eigenvalue weighted by Crippen LogP contribution is -2.42. The Hall–Kier alpha value is -2.66. The minimum atomic E-state index is -0.197. The van der Waals surface area contributed by atoms with Crippen LogP contribution in [0, 0.1) is 13.8 Å². The topological polar surface area (TPSA) is 52.7 Å². The molecule has 0 radical (unpaired) electrons. The first-order valence-electron chi connectivity index (χ1n) is 9.92. The van der Waals surface area contributed by atoms with E-state index in [2.05, 4.69) is 34.5 Å². The molecule has 148 valence electrons. The van der Waals surface area contributed by atoms with Gasteiger partial charge in [0.15, 0.2) is 0 Å². The number of aryl methyl sites for hydroxylation is 2. The fourth-order valence-corrected chi connectivity index (χ4v) is 3.47. The summed E-state index contributed by atoms with van der Waals surface area (Å²) in [6.45, 7) is 8.22. The summed E-state index contributed by atoms with van der Waals surface area (Å²) in [5.74, 6) is -0.212. The molecule has 0 atom stereocenters. The number of nitrogens with one attached hydrogen (secondary N) is 1. The van der Waals surface area contributed by atoms with Crippen molar-refractivity contribution in [2.45, 2.75) is 26.8 Å². The predicted molar refractivity (Wildman–Crippen MR) is 111 cm³/mol. The van der Waals surface area contributed by atoms with Crippen LogP contribution >= 0.6 is 0 Å². The molecular formula is C23H29N3O2. The van der Waals surface area contributed by atoms with Crippen molar-refractivity contribution in [2.75, 3.05) is 32.7 Å². The van der Waals surface area contributed by atoms with Gasteiger partial charge in [-0.25, -0.2) is 0 Å². The Morgan fingerprint density at radius 3 is 2.46 bits per heavy atom. The number of hydrogen-bond donors (Lipinski definition) is 1. The van der Waals surface area contributed by atoms with Gasteiger partial charge < -0.3 is 10.2 Å². The molecule has 1 N–H and O–H groups in total. The van der Waals surface area contributed by atoms with Crippen molar-refractivity contribution in [3.8, 4) is 0 Å². The van der Waals surface area contributed by atoms with Gasteiger partial charge in [0.2, 0.25) is 5.91 Å². The molecule has 0 unspecified atom stereocenters. The summed E-state index contributed by atoms with van der Waals surface area (Å²) in [5.41, 5.74) is 4.12. The van der Waals surface area contributed by atoms with Gasteiger partial charge in [-0.2, -0.15) is 0 Å². The zero-order chi connectivity index (χ0) is 19.9. The maximum absolute atomic E-state index is 12.6. The van der Waals surface area contributed by atoms with Crippen LogP contribution in [0.1, 0.15) is 33.5 Å². The number of amides is 2. The standard InChI is InChI=1S/C23H29N3O2/c1-18-9-10-21(15-19(18)2)23(28)24-16-22(27)26-12-6-11-25(13-14-26)17-20-7-4-3-5-8-20/h3-5,7-10,15H,6,11-14,16-17H2,1-2H3,(H,24,28). The summed E-state index contributed by atoms with van der Waals surface area (Å²) in [6, 6.07) is 16.0. The van der Waals surface area contributed by atoms with E-state index in [1.54, 1.807) is 6.07 Å². The highest BCUT2D eigenvalue weighted by Gasteiger charge is 2.20. The van der Waals surface area contributed by atoms with E-state index in [0.29, 0.717) is 12.1 Å². The van der Waals surface area contributed by atoms with Crippen LogP contribution in [0.4, 0.5) is 0 Å². The SMILES string of the molecule is Cc1ccc(C(=O)NCC(=O)N2CCCN(Cc3ccccc3)CC2)cc1C. The Morgan fingerprint density at radius 2 is 1.71 bits per heavy atom. The van der Waals surface area contributed by atoms with Crippen LogP contribution in [0.5, 0.6) is 0 Å². The number of hydrogen-bond acceptors (Lipinski definition) is 3. The number of carbonyl (C=O) groups is 2. The Kier molecular flexibility index (Phi) is 6.82. The summed E-state index contributed by atoms with van der Waals surface area (Å²) in [7, 11) is 0. The van der Waals surface area contributed by atoms with Gasteiger partial charge in [0, 0.05) is 38.3 Å². The van der Waals surface area contributed by atoms with E-state index in [4.69, 9.17) is 0 Å². The van der Waals surface area contributed by atoms with Gasteiger partial charge in [0.25, 0.3) is 5.91 Å². The second-order valence-electron chi connectivity index (χ2n) is 7.48. The maximum atomic E-state index is 12.6. The minimum absolute atomic E-state index is 0.0151. The van der Waals surface area contributed by atoms with Gasteiger partial charge in [-0.15, -0.1) is 0 Å². The van der Waals surface area contributed by atoms with Crippen molar-refractivity contribution in [3.05, 3.63) is 70.8 Å². The van der Waals surface area contributed by atoms with E-state index in [9.17, 15) is 9.59 Å². The third-order valence-corrected chi connectivity index (χ3v) is 5.36. The fraction of sp³-hybridized carbons (Fsp3) is 0.391. The molecular weight excluding hydrogens is 350 g/mol. The second-order valence-corrected chi connectivity index (χ2v) is 7.48. The van der Waals surface area contributed by atoms with E-state index >= 15 is 0 Å². The van der Waals surface area contributed by atoms with Crippen molar-refractivity contribution in [3.63, 3.8) is 0 Å². The van der Waals surface area contributed by atoms with Gasteiger partial charge in [-0.3, -0.25) is 14.5 Å². The molecule has 1 saturated heterocycles. The first-order chi connectivity index (χ1) is 13.5. The molecule has 0 aliphatic carbocycles. The van der Waals surface area contributed by atoms with Crippen molar-refractivity contribution < 1.29 is 9.59 Å². The summed E-state index contributed by atoms with van der Waals surface area (Å²) in [4.78, 5) is 29.1. The van der Waals surface area contributed by atoms with Gasteiger partial charge in [-0.05, 0) is 49.1 Å². The molecule has 0 saturated carbocycles. The summed E-state index contributed by atoms with van der Waals surface area (Å²) < 4.78 is 0. The molecule has 5 nitrogen and oxygen atoms in total. The van der Waals surface area contributed by atoms with Crippen LogP contribution in [-0.2, 0) is 11.3 Å². The molecule has 1 heterocycles. The quantitative estimate of drug-likeness (QED) is 0.869. The van der Waals surface area contributed by atoms with E-state index in [-0.39, 0.29) is 18.4 Å². The van der Waals surface area contributed by atoms with E-state index in [1.165, 1.54) is 5.56 Å². The molecule has 2 aromatic carbocycles. The van der Waals surface area contributed by atoms with Gasteiger partial charge >= 0.3 is 0 Å². The first-order valence-corrected chi connectivity index (χ1v) is 9.92. The summed E-state index contributed by atoms with van der Waals surface area (Å²) in [5, 5.41) is 2.77. The third-order valence-electron chi connectivity index (χ3n) is 5.36. The minimum Gasteiger partial charge on any atom is -0.343 e. The molecule has 2 amide bonds. The highest BCUT2D eigenvalue weighted by molar-refractivity contribution is 5.96. The maximum Gasteiger partial charge on any atom is 0.251 e. The number of nitrogens with zero attached hydrogens (tertiary/aromatic N) is 2. The normalized spacial score (nSPS) is 15.1. The highest BCUT2D eigenvalue weighted by Crippen LogP contribution is 2.11. The van der Waals surface area contributed by atoms with Gasteiger partial charge in [0.05, 0.1) is 6.54 Å². The van der Waals surface area contributed by atoms with Gasteiger partial charge in [-0.1, -0.05) is 36.4 Å². The average Bonchev–Trinajstić information content (AvgIpc) is 2.94. The lowest BCUT2D eigenvalue weighted by atomic mass is 10.1. The smallest absolute Gasteiger partial charge is 0.251 e. The second kappa shape index (κ2) is 9.51. The molecule has 0 spiro atoms. The van der Waals surface area contributed by atoms with Crippen LogP contribution in [0.15, 0.2) is 48.5 Å². The molecule has 2 aromatic rings. The lowest BCUT2D eigenvalue weighted by molar-refractivity contribution is -0.130. The molecule has 28 heavy (non-hydrogen) atoms. The fourth-order valence-electron chi connectivity index (χ4n) is 3.47. The van der Waals surface area contributed by atoms with Crippen LogP contribution in [0.25, 0.3) is 0 Å². The zero-order valence-corrected chi connectivity index (χ0v) is 16.8.